The molecule has 0 aromatic heterocycles. The highest BCUT2D eigenvalue weighted by Gasteiger charge is 2.10. The number of aryl methyl sites for hydroxylation is 1. The van der Waals surface area contributed by atoms with E-state index >= 15 is 0 Å². The van der Waals surface area contributed by atoms with Gasteiger partial charge in [-0.1, -0.05) is 35.3 Å². The largest absolute Gasteiger partial charge is 0.325 e. The minimum atomic E-state index is -0.352. The molecule has 0 radical (unpaired) electrons. The van der Waals surface area contributed by atoms with Gasteiger partial charge in [0.1, 0.15) is 5.82 Å². The third kappa shape index (κ3) is 4.37. The Kier molecular flexibility index (Phi) is 5.51. The minimum Gasteiger partial charge on any atom is -0.325 e. The molecule has 0 aliphatic rings. The minimum absolute atomic E-state index is 0.138. The molecule has 110 valence electrons. The van der Waals surface area contributed by atoms with E-state index in [0.29, 0.717) is 26.2 Å². The zero-order chi connectivity index (χ0) is 15.4. The summed E-state index contributed by atoms with van der Waals surface area (Å²) in [6, 6.07) is 9.72. The van der Waals surface area contributed by atoms with Crippen LogP contribution in [0.4, 0.5) is 10.1 Å². The molecule has 0 atom stereocenters. The Bertz CT molecular complexity index is 658. The first-order chi connectivity index (χ1) is 9.97. The molecule has 1 amide bonds. The Morgan fingerprint density at radius 3 is 2.52 bits per heavy atom. The van der Waals surface area contributed by atoms with Crippen LogP contribution in [0.5, 0.6) is 0 Å². The van der Waals surface area contributed by atoms with E-state index in [1.54, 1.807) is 37.3 Å². The fraction of sp³-hybridized carbons (Fsp3) is 0.133. The molecule has 0 bridgehead atoms. The molecule has 0 aliphatic carbocycles. The molecule has 0 saturated carbocycles. The second-order valence-corrected chi connectivity index (χ2v) is 6.15. The SMILES string of the molecule is Cc1ccc(NC(=O)CSc2c(Cl)cccc2Cl)cc1F. The van der Waals surface area contributed by atoms with Crippen LogP contribution in [0.25, 0.3) is 0 Å². The molecule has 0 fully saturated rings. The van der Waals surface area contributed by atoms with Crippen LogP contribution in [0.1, 0.15) is 5.56 Å². The Morgan fingerprint density at radius 1 is 1.24 bits per heavy atom. The summed E-state index contributed by atoms with van der Waals surface area (Å²) < 4.78 is 13.4. The number of carbonyl (C=O) groups excluding carboxylic acids is 1. The van der Waals surface area contributed by atoms with Gasteiger partial charge in [0.05, 0.1) is 15.8 Å². The second kappa shape index (κ2) is 7.16. The molecule has 0 aliphatic heterocycles. The second-order valence-electron chi connectivity index (χ2n) is 4.35. The van der Waals surface area contributed by atoms with Crippen LogP contribution in [0, 0.1) is 12.7 Å². The Morgan fingerprint density at radius 2 is 1.90 bits per heavy atom. The van der Waals surface area contributed by atoms with E-state index in [-0.39, 0.29) is 17.5 Å². The lowest BCUT2D eigenvalue weighted by Crippen LogP contribution is -2.14. The Labute approximate surface area is 136 Å². The summed E-state index contributed by atoms with van der Waals surface area (Å²) in [6.45, 7) is 1.66. The number of halogens is 3. The van der Waals surface area contributed by atoms with Gasteiger partial charge in [-0.05, 0) is 36.8 Å². The summed E-state index contributed by atoms with van der Waals surface area (Å²) in [4.78, 5) is 12.5. The first-order valence-electron chi connectivity index (χ1n) is 6.10. The lowest BCUT2D eigenvalue weighted by molar-refractivity contribution is -0.113. The van der Waals surface area contributed by atoms with E-state index in [0.717, 1.165) is 0 Å². The molecule has 21 heavy (non-hydrogen) atoms. The normalized spacial score (nSPS) is 10.5. The monoisotopic (exact) mass is 343 g/mol. The van der Waals surface area contributed by atoms with Crippen LogP contribution >= 0.6 is 35.0 Å². The van der Waals surface area contributed by atoms with E-state index in [9.17, 15) is 9.18 Å². The van der Waals surface area contributed by atoms with Crippen LogP contribution in [-0.2, 0) is 4.79 Å². The van der Waals surface area contributed by atoms with Crippen molar-refractivity contribution in [1.29, 1.82) is 0 Å². The number of rotatable bonds is 4. The van der Waals surface area contributed by atoms with Crippen molar-refractivity contribution >= 4 is 46.6 Å². The maximum atomic E-state index is 13.4. The fourth-order valence-corrected chi connectivity index (χ4v) is 3.11. The zero-order valence-electron chi connectivity index (χ0n) is 11.1. The first-order valence-corrected chi connectivity index (χ1v) is 7.84. The van der Waals surface area contributed by atoms with Crippen molar-refractivity contribution in [2.45, 2.75) is 11.8 Å². The molecule has 2 rings (SSSR count). The molecule has 0 spiro atoms. The fourth-order valence-electron chi connectivity index (χ4n) is 1.63. The lowest BCUT2D eigenvalue weighted by Gasteiger charge is -2.08. The highest BCUT2D eigenvalue weighted by atomic mass is 35.5. The predicted molar refractivity (Wildman–Crippen MR) is 87.0 cm³/mol. The van der Waals surface area contributed by atoms with Crippen molar-refractivity contribution in [3.05, 3.63) is 57.8 Å². The summed E-state index contributed by atoms with van der Waals surface area (Å²) in [7, 11) is 0. The van der Waals surface area contributed by atoms with Gasteiger partial charge in [-0.2, -0.15) is 0 Å². The van der Waals surface area contributed by atoms with Gasteiger partial charge in [0.15, 0.2) is 0 Å². The smallest absolute Gasteiger partial charge is 0.234 e. The maximum absolute atomic E-state index is 13.4. The van der Waals surface area contributed by atoms with Gasteiger partial charge < -0.3 is 5.32 Å². The average Bonchev–Trinajstić information content (AvgIpc) is 2.42. The molecule has 6 heteroatoms. The number of nitrogens with one attached hydrogen (secondary N) is 1. The number of amides is 1. The number of hydrogen-bond acceptors (Lipinski definition) is 2. The van der Waals surface area contributed by atoms with Gasteiger partial charge in [-0.3, -0.25) is 4.79 Å². The summed E-state index contributed by atoms with van der Waals surface area (Å²) >= 11 is 13.3. The van der Waals surface area contributed by atoms with E-state index in [2.05, 4.69) is 5.32 Å². The van der Waals surface area contributed by atoms with Crippen molar-refractivity contribution in [3.63, 3.8) is 0 Å². The molecule has 1 N–H and O–H groups in total. The molecule has 0 unspecified atom stereocenters. The topological polar surface area (TPSA) is 29.1 Å². The molecule has 0 heterocycles. The summed E-state index contributed by atoms with van der Waals surface area (Å²) in [5, 5.41) is 3.64. The zero-order valence-corrected chi connectivity index (χ0v) is 13.4. The van der Waals surface area contributed by atoms with Gasteiger partial charge in [-0.15, -0.1) is 11.8 Å². The third-order valence-corrected chi connectivity index (χ3v) is 4.71. The quantitative estimate of drug-likeness (QED) is 0.775. The molecular formula is C15H12Cl2FNOS. The standard InChI is InChI=1S/C15H12Cl2FNOS/c1-9-5-6-10(7-13(9)18)19-14(20)8-21-15-11(16)3-2-4-12(15)17/h2-7H,8H2,1H3,(H,19,20). The Hall–Kier alpha value is -1.23. The highest BCUT2D eigenvalue weighted by Crippen LogP contribution is 2.33. The summed E-state index contributed by atoms with van der Waals surface area (Å²) in [5.74, 6) is -0.465. The van der Waals surface area contributed by atoms with Crippen LogP contribution in [0.3, 0.4) is 0 Å². The van der Waals surface area contributed by atoms with E-state index in [1.165, 1.54) is 17.8 Å². The molecule has 0 saturated heterocycles. The van der Waals surface area contributed by atoms with Crippen molar-refractivity contribution in [2.24, 2.45) is 0 Å². The van der Waals surface area contributed by atoms with Gasteiger partial charge in [-0.25, -0.2) is 4.39 Å². The summed E-state index contributed by atoms with van der Waals surface area (Å²) in [6.07, 6.45) is 0. The van der Waals surface area contributed by atoms with Crippen LogP contribution < -0.4 is 5.32 Å². The Balaban J connectivity index is 1.97. The third-order valence-electron chi connectivity index (χ3n) is 2.72. The van der Waals surface area contributed by atoms with Crippen molar-refractivity contribution in [2.75, 3.05) is 11.1 Å². The molecule has 2 nitrogen and oxygen atoms in total. The van der Waals surface area contributed by atoms with Crippen molar-refractivity contribution in [1.82, 2.24) is 0 Å². The van der Waals surface area contributed by atoms with E-state index in [4.69, 9.17) is 23.2 Å². The molecular weight excluding hydrogens is 332 g/mol. The maximum Gasteiger partial charge on any atom is 0.234 e. The molecule has 2 aromatic rings. The predicted octanol–water partition coefficient (Wildman–Crippen LogP) is 5.17. The number of carbonyl (C=O) groups is 1. The molecule has 2 aromatic carbocycles. The number of anilines is 1. The van der Waals surface area contributed by atoms with E-state index in [1.807, 2.05) is 0 Å². The lowest BCUT2D eigenvalue weighted by atomic mass is 10.2. The summed E-state index contributed by atoms with van der Waals surface area (Å²) in [5.41, 5.74) is 0.958. The van der Waals surface area contributed by atoms with Crippen LogP contribution in [-0.4, -0.2) is 11.7 Å². The highest BCUT2D eigenvalue weighted by molar-refractivity contribution is 8.00. The van der Waals surface area contributed by atoms with Crippen LogP contribution in [0.15, 0.2) is 41.3 Å². The van der Waals surface area contributed by atoms with Gasteiger partial charge in [0.25, 0.3) is 0 Å². The van der Waals surface area contributed by atoms with Crippen molar-refractivity contribution < 1.29 is 9.18 Å². The van der Waals surface area contributed by atoms with Crippen LogP contribution in [0.2, 0.25) is 10.0 Å². The first kappa shape index (κ1) is 16.1. The average molecular weight is 344 g/mol. The van der Waals surface area contributed by atoms with E-state index < -0.39 is 0 Å². The number of benzene rings is 2. The van der Waals surface area contributed by atoms with Crippen molar-refractivity contribution in [3.8, 4) is 0 Å². The number of thioether (sulfide) groups is 1. The van der Waals surface area contributed by atoms with Gasteiger partial charge in [0, 0.05) is 10.6 Å². The van der Waals surface area contributed by atoms with Gasteiger partial charge >= 0.3 is 0 Å². The number of hydrogen-bond donors (Lipinski definition) is 1. The van der Waals surface area contributed by atoms with Gasteiger partial charge in [0.2, 0.25) is 5.91 Å².